The number of hydrogen-bond donors (Lipinski definition) is 0. The molecule has 0 amide bonds. The maximum absolute atomic E-state index is 12.4. The summed E-state index contributed by atoms with van der Waals surface area (Å²) in [7, 11) is 0. The summed E-state index contributed by atoms with van der Waals surface area (Å²) in [6, 6.07) is 10.7. The van der Waals surface area contributed by atoms with Crippen molar-refractivity contribution >= 4 is 6.29 Å². The van der Waals surface area contributed by atoms with E-state index in [2.05, 4.69) is 57.0 Å². The van der Waals surface area contributed by atoms with Crippen molar-refractivity contribution in [3.8, 4) is 0 Å². The first-order valence-electron chi connectivity index (χ1n) is 16.1. The third kappa shape index (κ3) is 5.76. The Balaban J connectivity index is 1.17. The summed E-state index contributed by atoms with van der Waals surface area (Å²) in [5, 5.41) is 2.12. The summed E-state index contributed by atoms with van der Waals surface area (Å²) in [6.45, 7) is 10.1. The van der Waals surface area contributed by atoms with Gasteiger partial charge in [-0.15, -0.1) is 0 Å². The van der Waals surface area contributed by atoms with E-state index in [1.807, 2.05) is 6.07 Å². The molecule has 2 saturated carbocycles. The molecule has 39 heavy (non-hydrogen) atoms. The fourth-order valence-corrected chi connectivity index (χ4v) is 8.33. The normalized spacial score (nSPS) is 35.3. The molecular formula is C34H53NO4. The monoisotopic (exact) mass is 539 g/mol. The Kier molecular flexibility index (Phi) is 9.53. The highest BCUT2D eigenvalue weighted by Gasteiger charge is 2.73. The van der Waals surface area contributed by atoms with Crippen molar-refractivity contribution in [3.05, 3.63) is 35.9 Å². The first-order valence-corrected chi connectivity index (χ1v) is 16.1. The number of aldehydes is 1. The van der Waals surface area contributed by atoms with Gasteiger partial charge >= 0.3 is 0 Å². The van der Waals surface area contributed by atoms with E-state index in [1.54, 1.807) is 0 Å². The number of ether oxygens (including phenoxy) is 2. The van der Waals surface area contributed by atoms with Crippen LogP contribution in [0.4, 0.5) is 0 Å². The minimum Gasteiger partial charge on any atom is -0.373 e. The molecule has 2 aliphatic carbocycles. The summed E-state index contributed by atoms with van der Waals surface area (Å²) in [4.78, 5) is 19.1. The van der Waals surface area contributed by atoms with Crippen LogP contribution >= 0.6 is 0 Å². The highest BCUT2D eigenvalue weighted by molar-refractivity contribution is 5.56. The topological polar surface area (TPSA) is 48.0 Å². The van der Waals surface area contributed by atoms with Gasteiger partial charge in [0, 0.05) is 11.8 Å². The molecule has 0 N–H and O–H groups in total. The van der Waals surface area contributed by atoms with Crippen LogP contribution in [0, 0.1) is 22.7 Å². The molecule has 2 saturated heterocycles. The smallest absolute Gasteiger partial charge is 0.146 e. The van der Waals surface area contributed by atoms with Gasteiger partial charge in [0.05, 0.1) is 36.9 Å². The first kappa shape index (κ1) is 29.2. The van der Waals surface area contributed by atoms with Gasteiger partial charge in [0.25, 0.3) is 0 Å². The summed E-state index contributed by atoms with van der Waals surface area (Å²) in [5.74, 6) is 0.295. The fourth-order valence-electron chi connectivity index (χ4n) is 8.33. The molecular weight excluding hydrogens is 486 g/mol. The third-order valence-corrected chi connectivity index (χ3v) is 11.2. The van der Waals surface area contributed by atoms with Crippen LogP contribution in [0.15, 0.2) is 30.3 Å². The van der Waals surface area contributed by atoms with E-state index in [9.17, 15) is 4.79 Å². The Morgan fingerprint density at radius 2 is 1.72 bits per heavy atom. The number of rotatable bonds is 16. The van der Waals surface area contributed by atoms with Crippen molar-refractivity contribution in [2.75, 3.05) is 0 Å². The van der Waals surface area contributed by atoms with E-state index in [0.29, 0.717) is 12.5 Å². The highest BCUT2D eigenvalue weighted by atomic mass is 16.8. The van der Waals surface area contributed by atoms with E-state index < -0.39 is 0 Å². The predicted octanol–water partition coefficient (Wildman–Crippen LogP) is 7.86. The van der Waals surface area contributed by atoms with Crippen LogP contribution in [0.3, 0.4) is 0 Å². The molecule has 2 aliphatic heterocycles. The van der Waals surface area contributed by atoms with Crippen LogP contribution in [0.1, 0.15) is 117 Å². The molecule has 5 rings (SSSR count). The largest absolute Gasteiger partial charge is 0.373 e. The molecule has 0 unspecified atom stereocenters. The summed E-state index contributed by atoms with van der Waals surface area (Å²) in [6.07, 6.45) is 16.9. The van der Waals surface area contributed by atoms with Gasteiger partial charge in [-0.3, -0.25) is 4.84 Å². The molecule has 4 fully saturated rings. The Morgan fingerprint density at radius 1 is 1.03 bits per heavy atom. The predicted molar refractivity (Wildman–Crippen MR) is 155 cm³/mol. The van der Waals surface area contributed by atoms with Gasteiger partial charge in [-0.05, 0) is 36.2 Å². The molecule has 0 aromatic heterocycles. The number of benzene rings is 1. The van der Waals surface area contributed by atoms with Crippen LogP contribution < -0.4 is 0 Å². The maximum atomic E-state index is 12.4. The van der Waals surface area contributed by atoms with Crippen molar-refractivity contribution in [2.24, 2.45) is 22.7 Å². The van der Waals surface area contributed by atoms with Crippen molar-refractivity contribution in [1.29, 1.82) is 0 Å². The van der Waals surface area contributed by atoms with Crippen molar-refractivity contribution in [2.45, 2.75) is 148 Å². The highest BCUT2D eigenvalue weighted by Crippen LogP contribution is 2.70. The molecule has 2 heterocycles. The zero-order chi connectivity index (χ0) is 27.5. The first-order chi connectivity index (χ1) is 18.9. The second kappa shape index (κ2) is 12.7. The summed E-state index contributed by atoms with van der Waals surface area (Å²) < 4.78 is 13.2. The lowest BCUT2D eigenvalue weighted by Gasteiger charge is -2.38. The van der Waals surface area contributed by atoms with Crippen LogP contribution in [-0.2, 0) is 25.7 Å². The van der Waals surface area contributed by atoms with Crippen molar-refractivity contribution in [1.82, 2.24) is 5.06 Å². The molecule has 218 valence electrons. The summed E-state index contributed by atoms with van der Waals surface area (Å²) in [5.41, 5.74) is 1.57. The zero-order valence-corrected chi connectivity index (χ0v) is 25.0. The Morgan fingerprint density at radius 3 is 2.41 bits per heavy atom. The van der Waals surface area contributed by atoms with Crippen LogP contribution in [0.5, 0.6) is 0 Å². The Hall–Kier alpha value is -1.27. The Bertz CT molecular complexity index is 921. The molecule has 5 heteroatoms. The number of hydroxylamine groups is 2. The molecule has 8 atom stereocenters. The molecule has 0 radical (unpaired) electrons. The number of carbonyl (C=O) groups excluding carboxylic acids is 1. The lowest BCUT2D eigenvalue weighted by Crippen LogP contribution is -2.42. The third-order valence-electron chi connectivity index (χ3n) is 11.2. The van der Waals surface area contributed by atoms with E-state index in [1.165, 1.54) is 69.8 Å². The van der Waals surface area contributed by atoms with Crippen LogP contribution in [-0.4, -0.2) is 41.9 Å². The van der Waals surface area contributed by atoms with Gasteiger partial charge in [0.1, 0.15) is 12.5 Å². The summed E-state index contributed by atoms with van der Waals surface area (Å²) >= 11 is 0. The molecule has 4 aliphatic rings. The minimum absolute atomic E-state index is 0.0759. The molecule has 2 bridgehead atoms. The van der Waals surface area contributed by atoms with E-state index in [-0.39, 0.29) is 47.3 Å². The number of fused-ring (bicyclic) bond motifs is 7. The lowest BCUT2D eigenvalue weighted by molar-refractivity contribution is -0.202. The van der Waals surface area contributed by atoms with Crippen molar-refractivity contribution in [3.63, 3.8) is 0 Å². The molecule has 0 spiro atoms. The van der Waals surface area contributed by atoms with Crippen LogP contribution in [0.25, 0.3) is 0 Å². The van der Waals surface area contributed by atoms with Gasteiger partial charge in [0.15, 0.2) is 0 Å². The van der Waals surface area contributed by atoms with Crippen molar-refractivity contribution < 1.29 is 19.1 Å². The average Bonchev–Trinajstić information content (AvgIpc) is 3.58. The number of unbranched alkanes of at least 4 members (excludes halogenated alkanes) is 8. The van der Waals surface area contributed by atoms with E-state index in [4.69, 9.17) is 14.3 Å². The Labute approximate surface area is 237 Å². The number of nitrogens with zero attached hydrogens (tertiary/aromatic N) is 1. The standard InChI is InChI=1S/C34H53NO4/c1-5-6-7-8-9-10-11-12-16-19-26(37-24-25-17-14-13-15-18-25)22-29-27(23-36)32-35(39-29)30-28-20-21-34(4,31(30)38-32)33(28,2)3/h13-15,17-18,23,26-32H,5-12,16,19-22,24H2,1-4H3/t26-,27+,28-,29+,30-,31-,32+,34+/m1/s1. The van der Waals surface area contributed by atoms with E-state index in [0.717, 1.165) is 25.5 Å². The quantitative estimate of drug-likeness (QED) is 0.158. The number of hydrogen-bond acceptors (Lipinski definition) is 5. The molecule has 1 aromatic rings. The van der Waals surface area contributed by atoms with Crippen LogP contribution in [0.2, 0.25) is 0 Å². The zero-order valence-electron chi connectivity index (χ0n) is 25.0. The maximum Gasteiger partial charge on any atom is 0.146 e. The second-order valence-electron chi connectivity index (χ2n) is 13.7. The fraction of sp³-hybridized carbons (Fsp3) is 0.794. The van der Waals surface area contributed by atoms with Gasteiger partial charge in [-0.1, -0.05) is 116 Å². The molecule has 5 nitrogen and oxygen atoms in total. The lowest BCUT2D eigenvalue weighted by atomic mass is 9.70. The van der Waals surface area contributed by atoms with Gasteiger partial charge in [-0.2, -0.15) is 5.06 Å². The van der Waals surface area contributed by atoms with E-state index >= 15 is 0 Å². The van der Waals surface area contributed by atoms with Gasteiger partial charge in [0.2, 0.25) is 0 Å². The molecule has 1 aromatic carbocycles. The average molecular weight is 540 g/mol. The van der Waals surface area contributed by atoms with Gasteiger partial charge < -0.3 is 14.3 Å². The second-order valence-corrected chi connectivity index (χ2v) is 13.7. The van der Waals surface area contributed by atoms with Gasteiger partial charge in [-0.25, -0.2) is 0 Å². The SMILES string of the molecule is CCCCCCCCCCC[C@H](C[C@@H]1ON2[C@@H]3[C@H]4CC[C@@](C)([C@@H]3O[C@H]2[C@H]1C=O)C4(C)C)OCc1ccccc1. The minimum atomic E-state index is -0.257. The number of carbonyl (C=O) groups is 1.